The van der Waals surface area contributed by atoms with Gasteiger partial charge < -0.3 is 4.74 Å². The maximum Gasteiger partial charge on any atom is 0.264 e. The summed E-state index contributed by atoms with van der Waals surface area (Å²) in [4.78, 5) is 11.8. The number of amides is 1. The minimum absolute atomic E-state index is 0.0882. The Morgan fingerprint density at radius 1 is 1.52 bits per heavy atom. The number of nitrogens with zero attached hydrogens (tertiary/aromatic N) is 4. The molecule has 0 aliphatic rings. The molecule has 0 spiro atoms. The molecule has 2 aromatic rings. The van der Waals surface area contributed by atoms with Gasteiger partial charge in [0.1, 0.15) is 12.4 Å². The smallest absolute Gasteiger partial charge is 0.264 e. The number of hydrogen-bond acceptors (Lipinski definition) is 7. The van der Waals surface area contributed by atoms with Crippen molar-refractivity contribution in [3.8, 4) is 5.69 Å². The first kappa shape index (κ1) is 16.8. The highest BCUT2D eigenvalue weighted by molar-refractivity contribution is 7.90. The van der Waals surface area contributed by atoms with Crippen LogP contribution in [0.1, 0.15) is 6.92 Å². The molecule has 122 valence electrons. The van der Waals surface area contributed by atoms with Crippen LogP contribution >= 0.6 is 0 Å². The second-order valence-electron chi connectivity index (χ2n) is 4.49. The van der Waals surface area contributed by atoms with Crippen molar-refractivity contribution < 1.29 is 17.9 Å². The molecular formula is C13H15N5O4S. The van der Waals surface area contributed by atoms with E-state index >= 15 is 0 Å². The molecule has 2 rings (SSSR count). The molecule has 0 aliphatic heterocycles. The van der Waals surface area contributed by atoms with Crippen LogP contribution in [0.3, 0.4) is 0 Å². The van der Waals surface area contributed by atoms with E-state index in [2.05, 4.69) is 22.1 Å². The molecule has 0 saturated carbocycles. The van der Waals surface area contributed by atoms with Gasteiger partial charge in [-0.2, -0.15) is 0 Å². The van der Waals surface area contributed by atoms with Crippen LogP contribution in [0.2, 0.25) is 0 Å². The van der Waals surface area contributed by atoms with E-state index < -0.39 is 22.0 Å². The Balaban J connectivity index is 2.18. The number of tetrazole rings is 1. The normalized spacial score (nSPS) is 12.6. The predicted octanol–water partition coefficient (Wildman–Crippen LogP) is 0.0583. The second kappa shape index (κ2) is 7.11. The van der Waals surface area contributed by atoms with E-state index in [1.807, 2.05) is 4.72 Å². The largest absolute Gasteiger partial charge is 0.365 e. The first-order valence-corrected chi connectivity index (χ1v) is 8.05. The zero-order chi connectivity index (χ0) is 16.9. The number of aromatic nitrogens is 4. The van der Waals surface area contributed by atoms with Crippen molar-refractivity contribution in [1.29, 1.82) is 0 Å². The van der Waals surface area contributed by atoms with Crippen LogP contribution in [-0.2, 0) is 19.6 Å². The average molecular weight is 337 g/mol. The summed E-state index contributed by atoms with van der Waals surface area (Å²) in [5, 5.41) is 10.6. The molecule has 1 N–H and O–H groups in total. The number of rotatable bonds is 7. The van der Waals surface area contributed by atoms with Crippen molar-refractivity contribution in [2.24, 2.45) is 0 Å². The van der Waals surface area contributed by atoms with Gasteiger partial charge in [-0.3, -0.25) is 4.79 Å². The lowest BCUT2D eigenvalue weighted by atomic mass is 10.3. The SMILES string of the molecule is C=CCOC(C)C(=O)NS(=O)(=O)c1cccc(-n2cnnn2)c1. The highest BCUT2D eigenvalue weighted by Crippen LogP contribution is 2.14. The maximum atomic E-state index is 12.3. The summed E-state index contributed by atoms with van der Waals surface area (Å²) in [6, 6.07) is 5.86. The van der Waals surface area contributed by atoms with Crippen molar-refractivity contribution >= 4 is 15.9 Å². The van der Waals surface area contributed by atoms with Gasteiger partial charge in [0.05, 0.1) is 17.2 Å². The van der Waals surface area contributed by atoms with Crippen LogP contribution in [0.5, 0.6) is 0 Å². The Labute approximate surface area is 133 Å². The molecule has 1 amide bonds. The third kappa shape index (κ3) is 4.20. The second-order valence-corrected chi connectivity index (χ2v) is 6.17. The van der Waals surface area contributed by atoms with Gasteiger partial charge in [-0.1, -0.05) is 12.1 Å². The molecular weight excluding hydrogens is 322 g/mol. The van der Waals surface area contributed by atoms with Crippen molar-refractivity contribution in [3.05, 3.63) is 43.2 Å². The molecule has 23 heavy (non-hydrogen) atoms. The maximum absolute atomic E-state index is 12.3. The minimum Gasteiger partial charge on any atom is -0.365 e. The number of ether oxygens (including phenoxy) is 1. The molecule has 0 saturated heterocycles. The Bertz CT molecular complexity index is 788. The molecule has 1 aromatic carbocycles. The number of hydrogen-bond donors (Lipinski definition) is 1. The zero-order valence-corrected chi connectivity index (χ0v) is 13.1. The molecule has 0 aliphatic carbocycles. The fourth-order valence-electron chi connectivity index (χ4n) is 1.64. The Hall–Kier alpha value is -2.59. The highest BCUT2D eigenvalue weighted by atomic mass is 32.2. The van der Waals surface area contributed by atoms with Gasteiger partial charge in [0, 0.05) is 0 Å². The molecule has 1 heterocycles. The summed E-state index contributed by atoms with van der Waals surface area (Å²) in [5.41, 5.74) is 0.446. The first-order valence-electron chi connectivity index (χ1n) is 6.56. The van der Waals surface area contributed by atoms with Gasteiger partial charge in [-0.15, -0.1) is 11.7 Å². The van der Waals surface area contributed by atoms with E-state index in [0.717, 1.165) is 0 Å². The summed E-state index contributed by atoms with van der Waals surface area (Å²) in [7, 11) is -4.03. The molecule has 1 unspecified atom stereocenters. The molecule has 10 heteroatoms. The quantitative estimate of drug-likeness (QED) is 0.710. The fraction of sp³-hybridized carbons (Fsp3) is 0.231. The lowest BCUT2D eigenvalue weighted by Crippen LogP contribution is -2.38. The van der Waals surface area contributed by atoms with E-state index in [0.29, 0.717) is 5.69 Å². The molecule has 1 atom stereocenters. The summed E-state index contributed by atoms with van der Waals surface area (Å²) >= 11 is 0. The minimum atomic E-state index is -4.03. The number of sulfonamides is 1. The number of carbonyl (C=O) groups excluding carboxylic acids is 1. The molecule has 0 bridgehead atoms. The number of nitrogens with one attached hydrogen (secondary N) is 1. The van der Waals surface area contributed by atoms with Gasteiger partial charge >= 0.3 is 0 Å². The van der Waals surface area contributed by atoms with Gasteiger partial charge in [-0.25, -0.2) is 17.8 Å². The summed E-state index contributed by atoms with van der Waals surface area (Å²) in [6.07, 6.45) is 1.87. The van der Waals surface area contributed by atoms with Crippen LogP contribution in [0.25, 0.3) is 5.69 Å². The predicted molar refractivity (Wildman–Crippen MR) is 80.1 cm³/mol. The Morgan fingerprint density at radius 2 is 2.30 bits per heavy atom. The zero-order valence-electron chi connectivity index (χ0n) is 12.3. The third-order valence-corrected chi connectivity index (χ3v) is 4.15. The van der Waals surface area contributed by atoms with Gasteiger partial charge in [0.15, 0.2) is 0 Å². The van der Waals surface area contributed by atoms with Crippen LogP contribution in [0, 0.1) is 0 Å². The molecule has 1 aromatic heterocycles. The summed E-state index contributed by atoms with van der Waals surface area (Å²) < 4.78 is 32.9. The van der Waals surface area contributed by atoms with E-state index in [4.69, 9.17) is 4.74 Å². The van der Waals surface area contributed by atoms with Gasteiger partial charge in [0.25, 0.3) is 15.9 Å². The first-order chi connectivity index (χ1) is 10.9. The van der Waals surface area contributed by atoms with E-state index in [1.54, 1.807) is 6.07 Å². The Morgan fingerprint density at radius 3 is 2.96 bits per heavy atom. The average Bonchev–Trinajstić information content (AvgIpc) is 3.06. The standard InChI is InChI=1S/C13H15N5O4S/c1-3-7-22-10(2)13(19)15-23(20,21)12-6-4-5-11(8-12)18-9-14-16-17-18/h3-6,8-10H,1,7H2,2H3,(H,15,19). The lowest BCUT2D eigenvalue weighted by Gasteiger charge is -2.13. The third-order valence-electron chi connectivity index (χ3n) is 2.81. The monoisotopic (exact) mass is 337 g/mol. The van der Waals surface area contributed by atoms with Gasteiger partial charge in [0.2, 0.25) is 0 Å². The molecule has 9 nitrogen and oxygen atoms in total. The topological polar surface area (TPSA) is 116 Å². The van der Waals surface area contributed by atoms with Crippen LogP contribution in [0.15, 0.2) is 48.1 Å². The Kier molecular flexibility index (Phi) is 5.19. The van der Waals surface area contributed by atoms with Crippen molar-refractivity contribution in [2.75, 3.05) is 6.61 Å². The highest BCUT2D eigenvalue weighted by Gasteiger charge is 2.22. The molecule has 0 fully saturated rings. The van der Waals surface area contributed by atoms with E-state index in [1.165, 1.54) is 42.2 Å². The van der Waals surface area contributed by atoms with Gasteiger partial charge in [-0.05, 0) is 35.5 Å². The summed E-state index contributed by atoms with van der Waals surface area (Å²) in [5.74, 6) is -0.764. The summed E-state index contributed by atoms with van der Waals surface area (Å²) in [6.45, 7) is 5.05. The fourth-order valence-corrected chi connectivity index (χ4v) is 2.72. The van der Waals surface area contributed by atoms with E-state index in [-0.39, 0.29) is 11.5 Å². The number of benzene rings is 1. The lowest BCUT2D eigenvalue weighted by molar-refractivity contribution is -0.129. The van der Waals surface area contributed by atoms with Crippen molar-refractivity contribution in [3.63, 3.8) is 0 Å². The van der Waals surface area contributed by atoms with Crippen LogP contribution < -0.4 is 4.72 Å². The van der Waals surface area contributed by atoms with Crippen LogP contribution in [0.4, 0.5) is 0 Å². The van der Waals surface area contributed by atoms with Crippen molar-refractivity contribution in [2.45, 2.75) is 17.9 Å². The van der Waals surface area contributed by atoms with E-state index in [9.17, 15) is 13.2 Å². The number of carbonyl (C=O) groups is 1. The van der Waals surface area contributed by atoms with Crippen molar-refractivity contribution in [1.82, 2.24) is 24.9 Å². The van der Waals surface area contributed by atoms with Crippen LogP contribution in [-0.4, -0.2) is 47.2 Å². The molecule has 0 radical (unpaired) electrons.